The van der Waals surface area contributed by atoms with Crippen molar-refractivity contribution in [2.45, 2.75) is 37.3 Å². The monoisotopic (exact) mass is 316 g/mol. The maximum absolute atomic E-state index is 12.2. The molecule has 2 atom stereocenters. The summed E-state index contributed by atoms with van der Waals surface area (Å²) in [6, 6.07) is 3.41. The van der Waals surface area contributed by atoms with E-state index in [1.54, 1.807) is 13.8 Å². The Bertz CT molecular complexity index is 613. The van der Waals surface area contributed by atoms with Gasteiger partial charge in [-0.3, -0.25) is 4.79 Å². The molecule has 8 heteroatoms. The SMILES string of the molecule is COc1ccc(S(=O)(=O)NC(C)CC(C)O)cc1C(N)=O. The molecule has 0 aliphatic rings. The molecule has 1 aromatic carbocycles. The van der Waals surface area contributed by atoms with E-state index in [2.05, 4.69) is 4.72 Å². The van der Waals surface area contributed by atoms with E-state index in [1.807, 2.05) is 0 Å². The summed E-state index contributed by atoms with van der Waals surface area (Å²) in [6.45, 7) is 3.21. The van der Waals surface area contributed by atoms with Gasteiger partial charge in [-0.25, -0.2) is 13.1 Å². The number of sulfonamides is 1. The molecule has 4 N–H and O–H groups in total. The lowest BCUT2D eigenvalue weighted by Crippen LogP contribution is -2.34. The number of carbonyl (C=O) groups is 1. The minimum Gasteiger partial charge on any atom is -0.496 e. The van der Waals surface area contributed by atoms with Gasteiger partial charge in [0.15, 0.2) is 0 Å². The van der Waals surface area contributed by atoms with E-state index < -0.39 is 28.1 Å². The van der Waals surface area contributed by atoms with Crippen LogP contribution in [0.25, 0.3) is 0 Å². The molecule has 1 amide bonds. The first-order chi connectivity index (χ1) is 9.67. The van der Waals surface area contributed by atoms with Crippen molar-refractivity contribution in [1.82, 2.24) is 4.72 Å². The summed E-state index contributed by atoms with van der Waals surface area (Å²) in [7, 11) is -2.45. The van der Waals surface area contributed by atoms with Gasteiger partial charge in [0.1, 0.15) is 5.75 Å². The molecule has 0 fully saturated rings. The zero-order chi connectivity index (χ0) is 16.2. The van der Waals surface area contributed by atoms with Gasteiger partial charge in [-0.2, -0.15) is 0 Å². The lowest BCUT2D eigenvalue weighted by Gasteiger charge is -2.16. The highest BCUT2D eigenvalue weighted by atomic mass is 32.2. The Hall–Kier alpha value is -1.64. The smallest absolute Gasteiger partial charge is 0.252 e. The van der Waals surface area contributed by atoms with Crippen LogP contribution in [0.4, 0.5) is 0 Å². The van der Waals surface area contributed by atoms with E-state index >= 15 is 0 Å². The lowest BCUT2D eigenvalue weighted by atomic mass is 10.2. The van der Waals surface area contributed by atoms with Crippen molar-refractivity contribution in [3.05, 3.63) is 23.8 Å². The molecule has 118 valence electrons. The van der Waals surface area contributed by atoms with Crippen LogP contribution < -0.4 is 15.2 Å². The van der Waals surface area contributed by atoms with E-state index in [0.717, 1.165) is 0 Å². The summed E-state index contributed by atoms with van der Waals surface area (Å²) in [6.07, 6.45) is -0.349. The van der Waals surface area contributed by atoms with Crippen LogP contribution in [0.1, 0.15) is 30.6 Å². The molecule has 0 spiro atoms. The Labute approximate surface area is 124 Å². The number of hydrogen-bond donors (Lipinski definition) is 3. The predicted molar refractivity (Wildman–Crippen MR) is 77.6 cm³/mol. The second kappa shape index (κ2) is 6.88. The van der Waals surface area contributed by atoms with Crippen LogP contribution in [0, 0.1) is 0 Å². The number of primary amides is 1. The average Bonchev–Trinajstić information content (AvgIpc) is 2.35. The Morgan fingerprint density at radius 3 is 2.52 bits per heavy atom. The fourth-order valence-electron chi connectivity index (χ4n) is 1.94. The fraction of sp³-hybridized carbons (Fsp3) is 0.462. The van der Waals surface area contributed by atoms with Crippen LogP contribution in [-0.2, 0) is 10.0 Å². The largest absolute Gasteiger partial charge is 0.496 e. The van der Waals surface area contributed by atoms with E-state index in [1.165, 1.54) is 25.3 Å². The van der Waals surface area contributed by atoms with E-state index in [0.29, 0.717) is 0 Å². The first-order valence-electron chi connectivity index (χ1n) is 6.35. The maximum Gasteiger partial charge on any atom is 0.252 e. The first kappa shape index (κ1) is 17.4. The number of methoxy groups -OCH3 is 1. The van der Waals surface area contributed by atoms with Crippen LogP contribution in [0.2, 0.25) is 0 Å². The molecule has 0 aliphatic heterocycles. The predicted octanol–water partition coefficient (Wildman–Crippen LogP) is 0.232. The summed E-state index contributed by atoms with van der Waals surface area (Å²) in [4.78, 5) is 11.2. The molecule has 1 rings (SSSR count). The number of rotatable bonds is 7. The van der Waals surface area contributed by atoms with Crippen molar-refractivity contribution in [3.63, 3.8) is 0 Å². The normalized spacial score (nSPS) is 14.5. The number of hydrogen-bond acceptors (Lipinski definition) is 5. The quantitative estimate of drug-likeness (QED) is 0.665. The summed E-state index contributed by atoms with van der Waals surface area (Å²) < 4.78 is 31.8. The minimum atomic E-state index is -3.81. The van der Waals surface area contributed by atoms with Crippen molar-refractivity contribution in [2.24, 2.45) is 5.73 Å². The number of benzene rings is 1. The molecule has 0 aliphatic carbocycles. The number of nitrogens with two attached hydrogens (primary N) is 1. The summed E-state index contributed by atoms with van der Waals surface area (Å²) in [5, 5.41) is 9.26. The third kappa shape index (κ3) is 4.69. The highest BCUT2D eigenvalue weighted by Gasteiger charge is 2.21. The zero-order valence-corrected chi connectivity index (χ0v) is 13.0. The van der Waals surface area contributed by atoms with E-state index in [9.17, 15) is 18.3 Å². The molecule has 0 heterocycles. The Morgan fingerprint density at radius 1 is 1.43 bits per heavy atom. The van der Waals surface area contributed by atoms with Gasteiger partial charge >= 0.3 is 0 Å². The first-order valence-corrected chi connectivity index (χ1v) is 7.84. The Morgan fingerprint density at radius 2 is 2.05 bits per heavy atom. The van der Waals surface area contributed by atoms with Gasteiger partial charge in [0.05, 0.1) is 23.7 Å². The zero-order valence-electron chi connectivity index (χ0n) is 12.2. The fourth-order valence-corrected chi connectivity index (χ4v) is 3.22. The molecule has 0 saturated carbocycles. The standard InChI is InChI=1S/C13H20N2O5S/c1-8(6-9(2)16)15-21(18,19)10-4-5-12(20-3)11(7-10)13(14)17/h4-5,7-9,15-16H,6H2,1-3H3,(H2,14,17). The molecular formula is C13H20N2O5S. The molecule has 1 aromatic rings. The van der Waals surface area contributed by atoms with Crippen molar-refractivity contribution in [2.75, 3.05) is 7.11 Å². The molecule has 0 saturated heterocycles. The van der Waals surface area contributed by atoms with Gasteiger partial charge in [-0.05, 0) is 38.5 Å². The summed E-state index contributed by atoms with van der Waals surface area (Å²) in [5.41, 5.74) is 5.19. The maximum atomic E-state index is 12.2. The molecule has 7 nitrogen and oxygen atoms in total. The van der Waals surface area contributed by atoms with Crippen LogP contribution in [0.3, 0.4) is 0 Å². The lowest BCUT2D eigenvalue weighted by molar-refractivity contribution is 0.0997. The number of ether oxygens (including phenoxy) is 1. The van der Waals surface area contributed by atoms with Gasteiger partial charge < -0.3 is 15.6 Å². The molecule has 2 unspecified atom stereocenters. The second-order valence-corrected chi connectivity index (χ2v) is 6.55. The van der Waals surface area contributed by atoms with Gasteiger partial charge in [-0.1, -0.05) is 0 Å². The Kier molecular flexibility index (Phi) is 5.70. The number of amides is 1. The molecule has 0 aromatic heterocycles. The van der Waals surface area contributed by atoms with Crippen molar-refractivity contribution in [3.8, 4) is 5.75 Å². The highest BCUT2D eigenvalue weighted by molar-refractivity contribution is 7.89. The molecule has 0 radical (unpaired) electrons. The van der Waals surface area contributed by atoms with Crippen LogP contribution in [0.15, 0.2) is 23.1 Å². The van der Waals surface area contributed by atoms with Crippen LogP contribution in [-0.4, -0.2) is 38.7 Å². The topological polar surface area (TPSA) is 119 Å². The summed E-state index contributed by atoms with van der Waals surface area (Å²) >= 11 is 0. The third-order valence-electron chi connectivity index (χ3n) is 2.80. The van der Waals surface area contributed by atoms with Crippen LogP contribution in [0.5, 0.6) is 5.75 Å². The van der Waals surface area contributed by atoms with Gasteiger partial charge in [-0.15, -0.1) is 0 Å². The summed E-state index contributed by atoms with van der Waals surface area (Å²) in [5.74, 6) is -0.570. The number of aliphatic hydroxyl groups excluding tert-OH is 1. The van der Waals surface area contributed by atoms with Crippen molar-refractivity contribution in [1.29, 1.82) is 0 Å². The number of nitrogens with one attached hydrogen (secondary N) is 1. The van der Waals surface area contributed by atoms with Gasteiger partial charge in [0.25, 0.3) is 5.91 Å². The molecule has 21 heavy (non-hydrogen) atoms. The van der Waals surface area contributed by atoms with Crippen LogP contribution >= 0.6 is 0 Å². The average molecular weight is 316 g/mol. The van der Waals surface area contributed by atoms with Crippen molar-refractivity contribution >= 4 is 15.9 Å². The Balaban J connectivity index is 3.09. The third-order valence-corrected chi connectivity index (χ3v) is 4.38. The van der Waals surface area contributed by atoms with E-state index in [4.69, 9.17) is 10.5 Å². The highest BCUT2D eigenvalue weighted by Crippen LogP contribution is 2.22. The number of carbonyl (C=O) groups excluding carboxylic acids is 1. The van der Waals surface area contributed by atoms with Gasteiger partial charge in [0.2, 0.25) is 10.0 Å². The second-order valence-electron chi connectivity index (χ2n) is 4.83. The van der Waals surface area contributed by atoms with Gasteiger partial charge in [0, 0.05) is 6.04 Å². The number of aliphatic hydroxyl groups is 1. The van der Waals surface area contributed by atoms with Crippen molar-refractivity contribution < 1.29 is 23.1 Å². The molecular weight excluding hydrogens is 296 g/mol. The van der Waals surface area contributed by atoms with E-state index in [-0.39, 0.29) is 22.6 Å². The molecule has 0 bridgehead atoms. The minimum absolute atomic E-state index is 0.0106.